The van der Waals surface area contributed by atoms with Crippen LogP contribution in [-0.2, 0) is 60.7 Å². The molecule has 0 aliphatic carbocycles. The molecule has 0 spiro atoms. The molecule has 388 valence electrons. The number of Topliss-reactive ketones (excluding diaryl/α,β-unsaturated/α-hetero) is 2. The monoisotopic (exact) mass is 989 g/mol. The molecule has 6 amide bonds. The van der Waals surface area contributed by atoms with Crippen molar-refractivity contribution < 1.29 is 63.2 Å². The van der Waals surface area contributed by atoms with E-state index in [0.29, 0.717) is 30.5 Å². The summed E-state index contributed by atoms with van der Waals surface area (Å²) in [7, 11) is 1.38. The van der Waals surface area contributed by atoms with Crippen molar-refractivity contribution in [1.29, 1.82) is 0 Å². The number of carbonyl (C=O) groups excluding carboxylic acids is 9. The number of benzene rings is 2. The first-order valence-corrected chi connectivity index (χ1v) is 24.7. The van der Waals surface area contributed by atoms with E-state index >= 15 is 4.79 Å². The zero-order valence-electron chi connectivity index (χ0n) is 42.0. The second-order valence-corrected chi connectivity index (χ2v) is 20.1. The van der Waals surface area contributed by atoms with Gasteiger partial charge in [0.1, 0.15) is 42.2 Å². The number of likely N-dealkylation sites (tertiary alicyclic amines) is 1. The molecule has 0 radical (unpaired) electrons. The summed E-state index contributed by atoms with van der Waals surface area (Å²) < 4.78 is 5.91. The smallest absolute Gasteiger partial charge is 0.329 e. The van der Waals surface area contributed by atoms with Crippen molar-refractivity contribution in [3.63, 3.8) is 0 Å². The maximum Gasteiger partial charge on any atom is 0.329 e. The molecule has 3 aliphatic heterocycles. The first-order chi connectivity index (χ1) is 33.5. The van der Waals surface area contributed by atoms with Gasteiger partial charge in [-0.25, -0.2) is 4.79 Å². The molecule has 19 heteroatoms. The van der Waals surface area contributed by atoms with Crippen LogP contribution in [0.3, 0.4) is 0 Å². The Morgan fingerprint density at radius 3 is 2.07 bits per heavy atom. The number of hydrogen-bond acceptors (Lipinski definition) is 13. The number of ketones is 2. The molecule has 5 rings (SSSR count). The number of nitrogens with zero attached hydrogens (tertiary/aromatic N) is 3. The number of piperidine rings is 1. The Morgan fingerprint density at radius 1 is 0.831 bits per heavy atom. The Bertz CT molecular complexity index is 2250. The highest BCUT2D eigenvalue weighted by molar-refractivity contribution is 5.98. The SMILES string of the molecule is CC(=O)N1CCC[C@H]1C(=O)C[C@H](C(=O)N[C@@H]1C(=O)N[C@@H](CC(C)C)C(=O)CC2CC[C@@H](O)N(C2=O)[C@@H](Cc2ccccc2)C(=O)N(C)C(Cc2ccc(O)cc2)C(=O)N[C@@H](C(C)C)C(=O)O[C@@H]1C)[C@@H](C)O. The number of carbonyl (C=O) groups is 9. The van der Waals surface area contributed by atoms with E-state index in [1.54, 1.807) is 56.3 Å². The molecule has 71 heavy (non-hydrogen) atoms. The minimum absolute atomic E-state index is 0.00772. The maximum absolute atomic E-state index is 15.1. The molecule has 3 saturated heterocycles. The maximum atomic E-state index is 15.1. The largest absolute Gasteiger partial charge is 0.508 e. The van der Waals surface area contributed by atoms with Crippen molar-refractivity contribution in [2.24, 2.45) is 23.7 Å². The summed E-state index contributed by atoms with van der Waals surface area (Å²) in [6.07, 6.45) is -4.45. The van der Waals surface area contributed by atoms with E-state index in [1.165, 1.54) is 44.9 Å². The van der Waals surface area contributed by atoms with Gasteiger partial charge in [0.2, 0.25) is 35.4 Å². The Labute approximate surface area is 415 Å². The Balaban J connectivity index is 1.59. The number of aromatic hydroxyl groups is 1. The van der Waals surface area contributed by atoms with Crippen LogP contribution >= 0.6 is 0 Å². The molecule has 0 saturated carbocycles. The number of nitrogens with one attached hydrogen (secondary N) is 3. The average molecular weight is 989 g/mol. The number of hydrogen-bond donors (Lipinski definition) is 6. The van der Waals surface area contributed by atoms with Crippen LogP contribution in [-0.4, -0.2) is 151 Å². The molecular weight excluding hydrogens is 917 g/mol. The van der Waals surface area contributed by atoms with Crippen LogP contribution in [0.2, 0.25) is 0 Å². The summed E-state index contributed by atoms with van der Waals surface area (Å²) >= 11 is 0. The Kier molecular flexibility index (Phi) is 19.4. The van der Waals surface area contributed by atoms with E-state index in [1.807, 2.05) is 13.8 Å². The van der Waals surface area contributed by atoms with Crippen molar-refractivity contribution in [2.75, 3.05) is 13.6 Å². The second kappa shape index (κ2) is 24.8. The quantitative estimate of drug-likeness (QED) is 0.157. The Hall–Kier alpha value is -6.21. The average Bonchev–Trinajstić information content (AvgIpc) is 3.82. The fourth-order valence-electron chi connectivity index (χ4n) is 9.74. The lowest BCUT2D eigenvalue weighted by atomic mass is 9.86. The van der Waals surface area contributed by atoms with Crippen molar-refractivity contribution in [3.05, 3.63) is 65.7 Å². The van der Waals surface area contributed by atoms with Gasteiger partial charge < -0.3 is 50.7 Å². The van der Waals surface area contributed by atoms with Gasteiger partial charge in [-0.15, -0.1) is 0 Å². The first-order valence-electron chi connectivity index (χ1n) is 24.7. The molecule has 2 unspecified atom stereocenters. The number of phenols is 1. The summed E-state index contributed by atoms with van der Waals surface area (Å²) in [5.74, 6) is -9.88. The number of rotatable bonds is 13. The fraction of sp³-hybridized carbons (Fsp3) is 0.596. The molecule has 2 aromatic carbocycles. The molecule has 3 fully saturated rings. The first kappa shape index (κ1) is 55.7. The zero-order valence-corrected chi connectivity index (χ0v) is 42.0. The number of fused-ring (bicyclic) bond motifs is 2. The minimum Gasteiger partial charge on any atom is -0.508 e. The minimum atomic E-state index is -1.75. The number of esters is 1. The van der Waals surface area contributed by atoms with Crippen LogP contribution < -0.4 is 16.0 Å². The number of cyclic esters (lactones) is 1. The third-order valence-electron chi connectivity index (χ3n) is 13.9. The van der Waals surface area contributed by atoms with Crippen LogP contribution in [0.25, 0.3) is 0 Å². The summed E-state index contributed by atoms with van der Waals surface area (Å²) in [6, 6.07) is 6.76. The van der Waals surface area contributed by atoms with E-state index in [2.05, 4.69) is 16.0 Å². The van der Waals surface area contributed by atoms with Gasteiger partial charge in [0.05, 0.1) is 24.1 Å². The number of amides is 6. The molecule has 2 aromatic rings. The lowest BCUT2D eigenvalue weighted by Gasteiger charge is -2.43. The highest BCUT2D eigenvalue weighted by Gasteiger charge is 2.46. The third kappa shape index (κ3) is 14.2. The summed E-state index contributed by atoms with van der Waals surface area (Å²) in [4.78, 5) is 132. The van der Waals surface area contributed by atoms with Crippen molar-refractivity contribution in [3.8, 4) is 5.75 Å². The zero-order chi connectivity index (χ0) is 52.4. The van der Waals surface area contributed by atoms with Gasteiger partial charge in [-0.1, -0.05) is 70.2 Å². The van der Waals surface area contributed by atoms with E-state index in [0.717, 1.165) is 9.80 Å². The topological polar surface area (TPSA) is 269 Å². The highest BCUT2D eigenvalue weighted by Crippen LogP contribution is 2.31. The highest BCUT2D eigenvalue weighted by atomic mass is 16.5. The van der Waals surface area contributed by atoms with Gasteiger partial charge >= 0.3 is 5.97 Å². The van der Waals surface area contributed by atoms with Gasteiger partial charge in [-0.2, -0.15) is 0 Å². The standard InChI is InChI=1S/C52H72N6O13/c1-28(2)23-38-42(62)26-35-18-21-44(64)58(50(35)68)41(25-33-13-10-9-11-14-33)51(69)56(8)40(24-34-16-19-36(61)20-17-34)48(66)54-45(29(3)4)52(70)71-31(6)46(49(67)53-38)55-47(65)37(30(5)59)27-43(63)39-15-12-22-57(39)32(7)60/h9-11,13-14,16-17,19-20,28-31,35,37-41,44-46,59,61,64H,12,15,18,21-27H2,1-8H3,(H,53,67)(H,54,66)(H,55,65)/t30-,31-,35?,37+,38+,39+,40?,41+,44-,45+,46+/m1/s1. The van der Waals surface area contributed by atoms with Crippen molar-refractivity contribution in [1.82, 2.24) is 30.7 Å². The lowest BCUT2D eigenvalue weighted by molar-refractivity contribution is -0.167. The summed E-state index contributed by atoms with van der Waals surface area (Å²) in [6.45, 7) is 11.2. The van der Waals surface area contributed by atoms with Gasteiger partial charge in [-0.3, -0.25) is 38.4 Å². The van der Waals surface area contributed by atoms with Gasteiger partial charge in [0, 0.05) is 52.1 Å². The molecule has 3 heterocycles. The molecule has 11 atom stereocenters. The second-order valence-electron chi connectivity index (χ2n) is 20.1. The lowest BCUT2D eigenvalue weighted by Crippen LogP contribution is -2.62. The van der Waals surface area contributed by atoms with Crippen LogP contribution in [0.4, 0.5) is 0 Å². The molecule has 6 N–H and O–H groups in total. The van der Waals surface area contributed by atoms with E-state index in [4.69, 9.17) is 4.74 Å². The number of likely N-dealkylation sites (N-methyl/N-ethyl adjacent to an activating group) is 1. The van der Waals surface area contributed by atoms with Gasteiger partial charge in [-0.05, 0) is 81.0 Å². The number of aliphatic hydroxyl groups is 2. The predicted octanol–water partition coefficient (Wildman–Crippen LogP) is 1.96. The number of ether oxygens (including phenoxy) is 1. The van der Waals surface area contributed by atoms with E-state index in [9.17, 15) is 53.7 Å². The normalized spacial score (nSPS) is 27.3. The summed E-state index contributed by atoms with van der Waals surface area (Å²) in [5, 5.41) is 40.6. The van der Waals surface area contributed by atoms with Crippen LogP contribution in [0.15, 0.2) is 54.6 Å². The molecule has 19 nitrogen and oxygen atoms in total. The van der Waals surface area contributed by atoms with Crippen molar-refractivity contribution in [2.45, 2.75) is 161 Å². The Morgan fingerprint density at radius 2 is 1.46 bits per heavy atom. The molecule has 2 bridgehead atoms. The molecule has 3 aliphatic rings. The predicted molar refractivity (Wildman–Crippen MR) is 258 cm³/mol. The van der Waals surface area contributed by atoms with E-state index in [-0.39, 0.29) is 49.7 Å². The molecular formula is C52H72N6O13. The van der Waals surface area contributed by atoms with Crippen molar-refractivity contribution >= 4 is 53.0 Å². The summed E-state index contributed by atoms with van der Waals surface area (Å²) in [5.41, 5.74) is 1.15. The van der Waals surface area contributed by atoms with Gasteiger partial charge in [0.25, 0.3) is 0 Å². The van der Waals surface area contributed by atoms with Crippen LogP contribution in [0.1, 0.15) is 105 Å². The van der Waals surface area contributed by atoms with Gasteiger partial charge in [0.15, 0.2) is 11.6 Å². The number of phenolic OH excluding ortho intramolecular Hbond substituents is 1. The van der Waals surface area contributed by atoms with Crippen LogP contribution in [0.5, 0.6) is 5.75 Å². The third-order valence-corrected chi connectivity index (χ3v) is 13.9. The van der Waals surface area contributed by atoms with E-state index < -0.39 is 132 Å². The van der Waals surface area contributed by atoms with Crippen LogP contribution in [0, 0.1) is 23.7 Å². The molecule has 0 aromatic heterocycles. The number of aliphatic hydroxyl groups excluding tert-OH is 2. The fourth-order valence-corrected chi connectivity index (χ4v) is 9.74.